The highest BCUT2D eigenvalue weighted by Gasteiger charge is 2.11. The van der Waals surface area contributed by atoms with Gasteiger partial charge in [0.25, 0.3) is 0 Å². The Hall–Kier alpha value is -1.87. The van der Waals surface area contributed by atoms with Gasteiger partial charge in [0.15, 0.2) is 0 Å². The van der Waals surface area contributed by atoms with E-state index in [-0.39, 0.29) is 5.82 Å². The number of halogens is 2. The van der Waals surface area contributed by atoms with E-state index < -0.39 is 0 Å². The van der Waals surface area contributed by atoms with Crippen LogP contribution in [0.1, 0.15) is 11.4 Å². The number of nitrogens with zero attached hydrogens (tertiary/aromatic N) is 2. The summed E-state index contributed by atoms with van der Waals surface area (Å²) in [4.78, 5) is 4.51. The van der Waals surface area contributed by atoms with Crippen LogP contribution in [0.2, 0.25) is 0 Å². The van der Waals surface area contributed by atoms with Crippen LogP contribution in [0, 0.1) is 12.7 Å². The molecular formula is C15H12ClFN2. The van der Waals surface area contributed by atoms with E-state index in [1.165, 1.54) is 12.1 Å². The van der Waals surface area contributed by atoms with E-state index in [9.17, 15) is 4.39 Å². The lowest BCUT2D eigenvalue weighted by molar-refractivity contribution is 0.627. The summed E-state index contributed by atoms with van der Waals surface area (Å²) >= 11 is 5.97. The second-order valence-electron chi connectivity index (χ2n) is 4.47. The summed E-state index contributed by atoms with van der Waals surface area (Å²) < 4.78 is 15.0. The maximum absolute atomic E-state index is 13.0. The fraction of sp³-hybridized carbons (Fsp3) is 0.133. The van der Waals surface area contributed by atoms with Crippen molar-refractivity contribution in [1.82, 2.24) is 9.55 Å². The number of hydrogen-bond donors (Lipinski definition) is 0. The van der Waals surface area contributed by atoms with Crippen LogP contribution in [-0.4, -0.2) is 9.55 Å². The Morgan fingerprint density at radius 2 is 1.89 bits per heavy atom. The first-order valence-electron chi connectivity index (χ1n) is 5.99. The number of benzene rings is 2. The third kappa shape index (κ3) is 2.10. The second-order valence-corrected chi connectivity index (χ2v) is 4.73. The minimum Gasteiger partial charge on any atom is -0.295 e. The predicted octanol–water partition coefficient (Wildman–Crippen LogP) is 4.21. The second kappa shape index (κ2) is 4.67. The normalized spacial score (nSPS) is 11.1. The lowest BCUT2D eigenvalue weighted by Crippen LogP contribution is -1.99. The average Bonchev–Trinajstić information content (AvgIpc) is 2.77. The molecular weight excluding hydrogens is 263 g/mol. The van der Waals surface area contributed by atoms with Crippen LogP contribution in [0.5, 0.6) is 0 Å². The molecule has 0 aliphatic rings. The van der Waals surface area contributed by atoms with Gasteiger partial charge in [0.05, 0.1) is 16.9 Å². The Labute approximate surface area is 115 Å². The van der Waals surface area contributed by atoms with Crippen molar-refractivity contribution in [2.24, 2.45) is 0 Å². The predicted molar refractivity (Wildman–Crippen MR) is 75.3 cm³/mol. The highest BCUT2D eigenvalue weighted by molar-refractivity contribution is 6.17. The van der Waals surface area contributed by atoms with Gasteiger partial charge in [-0.25, -0.2) is 9.37 Å². The molecule has 96 valence electrons. The van der Waals surface area contributed by atoms with Gasteiger partial charge >= 0.3 is 0 Å². The topological polar surface area (TPSA) is 17.8 Å². The maximum Gasteiger partial charge on any atom is 0.129 e. The Bertz CT molecular complexity index is 732. The lowest BCUT2D eigenvalue weighted by atomic mass is 10.2. The number of hydrogen-bond acceptors (Lipinski definition) is 1. The van der Waals surface area contributed by atoms with E-state index in [4.69, 9.17) is 11.6 Å². The third-order valence-corrected chi connectivity index (χ3v) is 3.32. The molecule has 2 nitrogen and oxygen atoms in total. The average molecular weight is 275 g/mol. The van der Waals surface area contributed by atoms with Gasteiger partial charge in [0.1, 0.15) is 11.6 Å². The summed E-state index contributed by atoms with van der Waals surface area (Å²) in [6.45, 7) is 2.03. The molecule has 0 saturated heterocycles. The monoisotopic (exact) mass is 274 g/mol. The first-order valence-corrected chi connectivity index (χ1v) is 6.52. The van der Waals surface area contributed by atoms with E-state index in [2.05, 4.69) is 11.1 Å². The Morgan fingerprint density at radius 1 is 1.16 bits per heavy atom. The Morgan fingerprint density at radius 3 is 2.58 bits per heavy atom. The minimum atomic E-state index is -0.253. The van der Waals surface area contributed by atoms with Crippen LogP contribution in [-0.2, 0) is 5.88 Å². The zero-order chi connectivity index (χ0) is 13.4. The molecule has 0 atom stereocenters. The molecule has 0 bridgehead atoms. The van der Waals surface area contributed by atoms with Crippen LogP contribution in [0.3, 0.4) is 0 Å². The van der Waals surface area contributed by atoms with Gasteiger partial charge in [-0.15, -0.1) is 11.6 Å². The Kier molecular flexibility index (Phi) is 2.99. The van der Waals surface area contributed by atoms with Crippen LogP contribution in [0.4, 0.5) is 4.39 Å². The molecule has 0 aliphatic carbocycles. The lowest BCUT2D eigenvalue weighted by Gasteiger charge is -2.08. The van der Waals surface area contributed by atoms with E-state index in [1.807, 2.05) is 23.6 Å². The smallest absolute Gasteiger partial charge is 0.129 e. The number of fused-ring (bicyclic) bond motifs is 1. The number of alkyl halides is 1. The first-order chi connectivity index (χ1) is 9.19. The van der Waals surface area contributed by atoms with E-state index in [0.29, 0.717) is 5.88 Å². The molecule has 1 aromatic heterocycles. The third-order valence-electron chi connectivity index (χ3n) is 3.08. The standard InChI is InChI=1S/C15H12ClFN2/c1-10-2-7-13-14(8-10)19(15(9-16)18-13)12-5-3-11(17)4-6-12/h2-8H,9H2,1H3. The van der Waals surface area contributed by atoms with Gasteiger partial charge in [0.2, 0.25) is 0 Å². The molecule has 0 aliphatic heterocycles. The first kappa shape index (κ1) is 12.2. The zero-order valence-electron chi connectivity index (χ0n) is 10.4. The number of aryl methyl sites for hydroxylation is 1. The van der Waals surface area contributed by atoms with Crippen molar-refractivity contribution in [2.75, 3.05) is 0 Å². The van der Waals surface area contributed by atoms with Crippen molar-refractivity contribution in [1.29, 1.82) is 0 Å². The van der Waals surface area contributed by atoms with Gasteiger partial charge in [-0.1, -0.05) is 6.07 Å². The van der Waals surface area contributed by atoms with Crippen molar-refractivity contribution in [3.8, 4) is 5.69 Å². The molecule has 3 rings (SSSR count). The van der Waals surface area contributed by atoms with Crippen LogP contribution in [0.15, 0.2) is 42.5 Å². The van der Waals surface area contributed by atoms with Crippen molar-refractivity contribution in [2.45, 2.75) is 12.8 Å². The molecule has 0 spiro atoms. The largest absolute Gasteiger partial charge is 0.295 e. The minimum absolute atomic E-state index is 0.253. The Balaban J connectivity index is 2.31. The van der Waals surface area contributed by atoms with Gasteiger partial charge in [-0.05, 0) is 48.9 Å². The van der Waals surface area contributed by atoms with Gasteiger partial charge in [0, 0.05) is 5.69 Å². The van der Waals surface area contributed by atoms with Gasteiger partial charge < -0.3 is 0 Å². The van der Waals surface area contributed by atoms with Crippen molar-refractivity contribution in [3.63, 3.8) is 0 Å². The quantitative estimate of drug-likeness (QED) is 0.640. The van der Waals surface area contributed by atoms with Crippen LogP contribution >= 0.6 is 11.6 Å². The molecule has 0 saturated carbocycles. The molecule has 0 amide bonds. The highest BCUT2D eigenvalue weighted by Crippen LogP contribution is 2.23. The molecule has 4 heteroatoms. The van der Waals surface area contributed by atoms with E-state index in [0.717, 1.165) is 28.1 Å². The maximum atomic E-state index is 13.0. The summed E-state index contributed by atoms with van der Waals surface area (Å²) in [7, 11) is 0. The summed E-state index contributed by atoms with van der Waals surface area (Å²) in [5, 5.41) is 0. The van der Waals surface area contributed by atoms with Gasteiger partial charge in [-0.3, -0.25) is 4.57 Å². The molecule has 3 aromatic rings. The number of imidazole rings is 1. The number of rotatable bonds is 2. The molecule has 0 radical (unpaired) electrons. The SMILES string of the molecule is Cc1ccc2nc(CCl)n(-c3ccc(F)cc3)c2c1. The zero-order valence-corrected chi connectivity index (χ0v) is 11.2. The number of aromatic nitrogens is 2. The molecule has 0 N–H and O–H groups in total. The fourth-order valence-corrected chi connectivity index (χ4v) is 2.38. The van der Waals surface area contributed by atoms with Crippen LogP contribution < -0.4 is 0 Å². The van der Waals surface area contributed by atoms with Crippen LogP contribution in [0.25, 0.3) is 16.7 Å². The highest BCUT2D eigenvalue weighted by atomic mass is 35.5. The summed E-state index contributed by atoms with van der Waals surface area (Å²) in [6, 6.07) is 12.4. The summed E-state index contributed by atoms with van der Waals surface area (Å²) in [5.41, 5.74) is 3.90. The molecule has 1 heterocycles. The summed E-state index contributed by atoms with van der Waals surface area (Å²) in [5.74, 6) is 0.816. The van der Waals surface area contributed by atoms with E-state index >= 15 is 0 Å². The molecule has 0 fully saturated rings. The van der Waals surface area contributed by atoms with Gasteiger partial charge in [-0.2, -0.15) is 0 Å². The fourth-order valence-electron chi connectivity index (χ4n) is 2.20. The van der Waals surface area contributed by atoms with Crippen molar-refractivity contribution in [3.05, 3.63) is 59.7 Å². The molecule has 2 aromatic carbocycles. The van der Waals surface area contributed by atoms with E-state index in [1.54, 1.807) is 12.1 Å². The molecule has 0 unspecified atom stereocenters. The van der Waals surface area contributed by atoms with Crippen molar-refractivity contribution >= 4 is 22.6 Å². The van der Waals surface area contributed by atoms with Crippen molar-refractivity contribution < 1.29 is 4.39 Å². The molecule has 19 heavy (non-hydrogen) atoms. The summed E-state index contributed by atoms with van der Waals surface area (Å²) in [6.07, 6.45) is 0.